The Bertz CT molecular complexity index is 4210. The zero-order chi connectivity index (χ0) is 52.1. The van der Waals surface area contributed by atoms with Crippen LogP contribution in [0.5, 0.6) is 0 Å². The molecule has 0 bridgehead atoms. The van der Waals surface area contributed by atoms with Crippen LogP contribution in [0, 0.1) is 20.8 Å². The van der Waals surface area contributed by atoms with Gasteiger partial charge in [-0.05, 0) is 132 Å². The third kappa shape index (κ3) is 3.79. The molecule has 0 N–H and O–H groups in total. The van der Waals surface area contributed by atoms with Gasteiger partial charge in [0.2, 0.25) is 0 Å². The predicted octanol–water partition coefficient (Wildman–Crippen LogP) is 13.6. The van der Waals surface area contributed by atoms with Gasteiger partial charge in [-0.15, -0.1) is 0 Å². The summed E-state index contributed by atoms with van der Waals surface area (Å²) in [5.41, 5.74) is -1.51. The highest BCUT2D eigenvalue weighted by atomic mass is 16.3. The molecule has 0 aliphatic rings. The molecule has 0 aliphatic heterocycles. The van der Waals surface area contributed by atoms with E-state index in [1.807, 2.05) is 0 Å². The van der Waals surface area contributed by atoms with Crippen LogP contribution in [0.15, 0.2) is 143 Å². The van der Waals surface area contributed by atoms with Crippen LogP contribution in [0.2, 0.25) is 0 Å². The molecule has 0 saturated carbocycles. The number of aryl methyl sites for hydroxylation is 2. The summed E-state index contributed by atoms with van der Waals surface area (Å²) >= 11 is 0. The highest BCUT2D eigenvalue weighted by Crippen LogP contribution is 2.46. The molecule has 226 valence electrons. The second-order valence-electron chi connectivity index (χ2n) is 11.5. The maximum Gasteiger partial charge on any atom is 0.138 e. The summed E-state index contributed by atoms with van der Waals surface area (Å²) in [4.78, 5) is 0. The molecule has 0 spiro atoms. The van der Waals surface area contributed by atoms with Crippen LogP contribution >= 0.6 is 0 Å². The van der Waals surface area contributed by atoms with Gasteiger partial charge in [0.15, 0.2) is 0 Å². The zero-order valence-electron chi connectivity index (χ0n) is 48.4. The summed E-state index contributed by atoms with van der Waals surface area (Å²) in [5, 5.41) is -4.57. The topological polar surface area (TPSA) is 13.1 Å². The Morgan fingerprint density at radius 3 is 1.60 bits per heavy atom. The minimum Gasteiger partial charge on any atom is -0.456 e. The molecule has 0 fully saturated rings. The Morgan fingerprint density at radius 1 is 0.417 bits per heavy atom. The van der Waals surface area contributed by atoms with E-state index in [4.69, 9.17) is 20.9 Å². The Labute approximate surface area is 311 Å². The average Bonchev–Trinajstić information content (AvgIpc) is 3.76. The van der Waals surface area contributed by atoms with Gasteiger partial charge in [-0.25, -0.2) is 0 Å². The largest absolute Gasteiger partial charge is 0.456 e. The number of furan rings is 1. The molecule has 1 aromatic heterocycles. The van der Waals surface area contributed by atoms with Crippen molar-refractivity contribution >= 4 is 75.8 Å². The highest BCUT2D eigenvalue weighted by molar-refractivity contribution is 6.23. The van der Waals surface area contributed by atoms with Gasteiger partial charge in [-0.3, -0.25) is 0 Å². The molecule has 0 unspecified atom stereocenters. The van der Waals surface area contributed by atoms with Crippen molar-refractivity contribution in [3.8, 4) is 22.3 Å². The second kappa shape index (κ2) is 10.0. The van der Waals surface area contributed by atoms with E-state index in [1.54, 1.807) is 20.8 Å². The number of hydrogen-bond acceptors (Lipinski definition) is 1. The minimum atomic E-state index is -0.937. The van der Waals surface area contributed by atoms with E-state index >= 15 is 0 Å². The first-order chi connectivity index (χ1) is 33.2. The Hall–Kier alpha value is -5.92. The number of rotatable bonds is 2. The summed E-state index contributed by atoms with van der Waals surface area (Å²) in [6.07, 6.45) is 0. The standard InChI is InChI=1S/C47H32O/c1-27-16-17-32-26-42-41-25-34(22-23-43(41)48-47(42)29(3)44(32)28(27)2)46-38-14-8-6-12-36(38)45(37-13-7-9-15-39(37)46)33-21-20-31-19-18-30-10-4-5-11-35(30)40(31)24-33/h4-26H,1-3H3/i4D,5D,6D,7D,8D,9D,10D,11D,12D,13D,14D,15D,16D,17D,18D,19D,20D,21D,22D,23D,24D,25D,26D. The summed E-state index contributed by atoms with van der Waals surface area (Å²) in [7, 11) is 0. The average molecular weight is 636 g/mol. The van der Waals surface area contributed by atoms with E-state index in [0.29, 0.717) is 22.1 Å². The first kappa shape index (κ1) is 12.9. The van der Waals surface area contributed by atoms with Crippen molar-refractivity contribution in [2.75, 3.05) is 0 Å². The van der Waals surface area contributed by atoms with Crippen molar-refractivity contribution in [3.05, 3.63) is 156 Å². The van der Waals surface area contributed by atoms with Gasteiger partial charge in [-0.2, -0.15) is 0 Å². The monoisotopic (exact) mass is 635 g/mol. The molecule has 10 rings (SSSR count). The number of fused-ring (bicyclic) bond motifs is 9. The molecule has 9 aromatic carbocycles. The Kier molecular flexibility index (Phi) is 2.71. The van der Waals surface area contributed by atoms with Gasteiger partial charge in [0.25, 0.3) is 0 Å². The molecule has 1 heterocycles. The van der Waals surface area contributed by atoms with E-state index in [9.17, 15) is 15.1 Å². The van der Waals surface area contributed by atoms with Gasteiger partial charge in [0, 0.05) is 16.3 Å². The van der Waals surface area contributed by atoms with E-state index < -0.39 is 186 Å². The molecular weight excluding hydrogens is 581 g/mol. The molecular formula is C47H32O. The lowest BCUT2D eigenvalue weighted by molar-refractivity contribution is 0.666. The second-order valence-corrected chi connectivity index (χ2v) is 11.5. The predicted molar refractivity (Wildman–Crippen MR) is 206 cm³/mol. The lowest BCUT2D eigenvalue weighted by atomic mass is 9.85. The molecule has 1 nitrogen and oxygen atoms in total. The summed E-state index contributed by atoms with van der Waals surface area (Å²) in [6.45, 7) is 5.00. The maximum atomic E-state index is 9.95. The van der Waals surface area contributed by atoms with Gasteiger partial charge < -0.3 is 4.42 Å². The molecule has 48 heavy (non-hydrogen) atoms. The Morgan fingerprint density at radius 2 is 0.938 bits per heavy atom. The van der Waals surface area contributed by atoms with Crippen molar-refractivity contribution in [1.82, 2.24) is 0 Å². The summed E-state index contributed by atoms with van der Waals surface area (Å²) in [6, 6.07) is -17.7. The number of benzene rings is 9. The van der Waals surface area contributed by atoms with Crippen LogP contribution in [0.1, 0.15) is 48.2 Å². The van der Waals surface area contributed by atoms with Crippen LogP contribution in [-0.2, 0) is 0 Å². The van der Waals surface area contributed by atoms with E-state index in [2.05, 4.69) is 0 Å². The van der Waals surface area contributed by atoms with Crippen molar-refractivity contribution in [2.24, 2.45) is 0 Å². The molecule has 0 amide bonds. The van der Waals surface area contributed by atoms with Crippen molar-refractivity contribution in [3.63, 3.8) is 0 Å². The molecule has 0 atom stereocenters. The third-order valence-electron chi connectivity index (χ3n) is 8.92. The Balaban J connectivity index is 1.52. The third-order valence-corrected chi connectivity index (χ3v) is 8.92. The van der Waals surface area contributed by atoms with Gasteiger partial charge in [0.05, 0.1) is 31.5 Å². The minimum absolute atomic E-state index is 0.00351. The fourth-order valence-electron chi connectivity index (χ4n) is 6.57. The molecule has 0 aliphatic carbocycles. The first-order valence-corrected chi connectivity index (χ1v) is 14.9. The number of hydrogen-bond donors (Lipinski definition) is 0. The smallest absolute Gasteiger partial charge is 0.138 e. The highest BCUT2D eigenvalue weighted by Gasteiger charge is 2.19. The van der Waals surface area contributed by atoms with Crippen LogP contribution in [-0.4, -0.2) is 0 Å². The van der Waals surface area contributed by atoms with Crippen LogP contribution in [0.25, 0.3) is 98.1 Å². The normalized spacial score (nSPS) is 18.8. The van der Waals surface area contributed by atoms with Crippen molar-refractivity contribution < 1.29 is 35.9 Å². The summed E-state index contributed by atoms with van der Waals surface area (Å²) in [5.74, 6) is 0. The first-order valence-electron chi connectivity index (χ1n) is 26.4. The van der Waals surface area contributed by atoms with E-state index in [0.717, 1.165) is 0 Å². The van der Waals surface area contributed by atoms with Crippen molar-refractivity contribution in [1.29, 1.82) is 0 Å². The van der Waals surface area contributed by atoms with Crippen LogP contribution < -0.4 is 0 Å². The lowest BCUT2D eigenvalue weighted by Gasteiger charge is -2.18. The van der Waals surface area contributed by atoms with Crippen molar-refractivity contribution in [2.45, 2.75) is 20.8 Å². The van der Waals surface area contributed by atoms with Gasteiger partial charge >= 0.3 is 0 Å². The van der Waals surface area contributed by atoms with E-state index in [-0.39, 0.29) is 45.5 Å². The fourth-order valence-corrected chi connectivity index (χ4v) is 6.57. The van der Waals surface area contributed by atoms with Gasteiger partial charge in [0.1, 0.15) is 11.2 Å². The maximum absolute atomic E-state index is 9.95. The fraction of sp³-hybridized carbons (Fsp3) is 0.0638. The summed E-state index contributed by atoms with van der Waals surface area (Å²) < 4.78 is 217. The molecule has 10 aromatic rings. The quantitative estimate of drug-likeness (QED) is 0.136. The van der Waals surface area contributed by atoms with Gasteiger partial charge in [-0.1, -0.05) is 115 Å². The molecule has 0 saturated heterocycles. The molecule has 1 heteroatoms. The van der Waals surface area contributed by atoms with E-state index in [1.165, 1.54) is 0 Å². The van der Waals surface area contributed by atoms with Crippen LogP contribution in [0.3, 0.4) is 0 Å². The van der Waals surface area contributed by atoms with Crippen LogP contribution in [0.4, 0.5) is 0 Å². The SMILES string of the molecule is [2H]c1c(-c2c3c([2H])c([2H])c([2H])c([2H])c3c(-c3c([2H])c([2H])c4c([2H])c([2H])c5c([2H])c([2H])c([2H])c([2H])c5c4c3[2H])c3c([2H])c([2H])c([2H])c([2H])c23)c([2H])c2c(oc3c(C)c4c(C)c(C)c([2H])c([2H])c4c([2H])c32)c1[2H]. The lowest BCUT2D eigenvalue weighted by Crippen LogP contribution is -1.91. The molecule has 0 radical (unpaired) electrons. The zero-order valence-corrected chi connectivity index (χ0v) is 25.4.